The predicted molar refractivity (Wildman–Crippen MR) is 115 cm³/mol. The number of nitrogens with zero attached hydrogens (tertiary/aromatic N) is 2. The molecular weight excluding hydrogens is 453 g/mol. The Morgan fingerprint density at radius 2 is 2.13 bits per heavy atom. The number of benzene rings is 2. The third-order valence-corrected chi connectivity index (χ3v) is 5.54. The van der Waals surface area contributed by atoms with E-state index in [0.29, 0.717) is 16.5 Å². The van der Waals surface area contributed by atoms with Crippen molar-refractivity contribution in [2.45, 2.75) is 11.9 Å². The smallest absolute Gasteiger partial charge is 0.416 e. The molecule has 0 unspecified atom stereocenters. The highest BCUT2D eigenvalue weighted by Crippen LogP contribution is 2.43. The number of anilines is 1. The van der Waals surface area contributed by atoms with Crippen molar-refractivity contribution in [3.05, 3.63) is 52.5 Å². The largest absolute Gasteiger partial charge is 0.483 e. The van der Waals surface area contributed by atoms with Gasteiger partial charge in [-0.1, -0.05) is 35.7 Å². The fourth-order valence-corrected chi connectivity index (χ4v) is 3.99. The van der Waals surface area contributed by atoms with Gasteiger partial charge in [0.1, 0.15) is 17.3 Å². The minimum absolute atomic E-state index is 0.0184. The molecule has 1 aliphatic rings. The van der Waals surface area contributed by atoms with Gasteiger partial charge in [0.15, 0.2) is 5.75 Å². The minimum Gasteiger partial charge on any atom is -0.483 e. The first-order valence-electron chi connectivity index (χ1n) is 8.85. The van der Waals surface area contributed by atoms with E-state index in [9.17, 15) is 18.0 Å². The highest BCUT2D eigenvalue weighted by Gasteiger charge is 2.33. The van der Waals surface area contributed by atoms with Gasteiger partial charge in [-0.2, -0.15) is 13.2 Å². The molecule has 0 atom stereocenters. The molecule has 10 heteroatoms. The molecule has 162 valence electrons. The number of hydrogen-bond donors (Lipinski definition) is 0. The SMILES string of the molecule is C#CCN(C(=O)OC)c1ccccc1CSC1=Nc2cc(C(F)(F)F)cc(Cl)c2OC1. The number of para-hydroxylation sites is 1. The molecule has 0 aromatic heterocycles. The lowest BCUT2D eigenvalue weighted by Crippen LogP contribution is -2.31. The number of terminal acetylenes is 1. The van der Waals surface area contributed by atoms with E-state index >= 15 is 0 Å². The van der Waals surface area contributed by atoms with Crippen molar-refractivity contribution in [1.29, 1.82) is 0 Å². The maximum absolute atomic E-state index is 13.1. The number of aliphatic imine (C=N–C) groups is 1. The summed E-state index contributed by atoms with van der Waals surface area (Å²) in [7, 11) is 1.26. The van der Waals surface area contributed by atoms with Crippen LogP contribution in [0.5, 0.6) is 5.75 Å². The number of carbonyl (C=O) groups is 1. The zero-order valence-corrected chi connectivity index (χ0v) is 17.8. The Morgan fingerprint density at radius 1 is 1.39 bits per heavy atom. The van der Waals surface area contributed by atoms with Crippen LogP contribution in [0.1, 0.15) is 11.1 Å². The molecule has 0 radical (unpaired) electrons. The lowest BCUT2D eigenvalue weighted by Gasteiger charge is -2.22. The van der Waals surface area contributed by atoms with Gasteiger partial charge in [-0.15, -0.1) is 18.2 Å². The number of alkyl halides is 3. The number of halogens is 4. The second-order valence-electron chi connectivity index (χ2n) is 6.28. The molecule has 1 heterocycles. The fraction of sp³-hybridized carbons (Fsp3) is 0.238. The van der Waals surface area contributed by atoms with Gasteiger partial charge >= 0.3 is 12.3 Å². The van der Waals surface area contributed by atoms with Gasteiger partial charge in [-0.25, -0.2) is 9.79 Å². The quantitative estimate of drug-likeness (QED) is 0.522. The molecule has 0 fully saturated rings. The summed E-state index contributed by atoms with van der Waals surface area (Å²) in [4.78, 5) is 17.7. The van der Waals surface area contributed by atoms with Crippen LogP contribution in [0.4, 0.5) is 29.3 Å². The van der Waals surface area contributed by atoms with Gasteiger partial charge in [0, 0.05) is 5.75 Å². The zero-order valence-electron chi connectivity index (χ0n) is 16.2. The van der Waals surface area contributed by atoms with E-state index in [1.54, 1.807) is 18.2 Å². The summed E-state index contributed by atoms with van der Waals surface area (Å²) in [5, 5.41) is 0.324. The number of amides is 1. The van der Waals surface area contributed by atoms with Crippen molar-refractivity contribution < 1.29 is 27.4 Å². The topological polar surface area (TPSA) is 51.1 Å². The molecule has 0 saturated heterocycles. The molecule has 0 spiro atoms. The van der Waals surface area contributed by atoms with E-state index in [4.69, 9.17) is 27.5 Å². The molecule has 2 aromatic rings. The number of methoxy groups -OCH3 is 1. The maximum atomic E-state index is 13.1. The zero-order chi connectivity index (χ0) is 22.6. The first-order chi connectivity index (χ1) is 14.7. The van der Waals surface area contributed by atoms with Crippen LogP contribution in [0.3, 0.4) is 0 Å². The van der Waals surface area contributed by atoms with Crippen molar-refractivity contribution in [3.63, 3.8) is 0 Å². The van der Waals surface area contributed by atoms with Crippen LogP contribution in [-0.2, 0) is 16.7 Å². The predicted octanol–water partition coefficient (Wildman–Crippen LogP) is 5.92. The molecule has 0 N–H and O–H groups in total. The van der Waals surface area contributed by atoms with E-state index in [1.165, 1.54) is 23.8 Å². The second-order valence-corrected chi connectivity index (χ2v) is 7.73. The summed E-state index contributed by atoms with van der Waals surface area (Å²) in [6, 6.07) is 8.82. The van der Waals surface area contributed by atoms with Crippen molar-refractivity contribution in [3.8, 4) is 18.1 Å². The van der Waals surface area contributed by atoms with Crippen LogP contribution < -0.4 is 9.64 Å². The number of hydrogen-bond acceptors (Lipinski definition) is 5. The average molecular weight is 469 g/mol. The Balaban J connectivity index is 1.84. The van der Waals surface area contributed by atoms with Gasteiger partial charge in [0.25, 0.3) is 0 Å². The molecule has 2 aromatic carbocycles. The minimum atomic E-state index is -4.55. The maximum Gasteiger partial charge on any atom is 0.416 e. The Bertz CT molecular complexity index is 1070. The van der Waals surface area contributed by atoms with Crippen LogP contribution in [0.15, 0.2) is 41.4 Å². The van der Waals surface area contributed by atoms with Crippen LogP contribution >= 0.6 is 23.4 Å². The van der Waals surface area contributed by atoms with Crippen LogP contribution in [0, 0.1) is 12.3 Å². The molecule has 1 aliphatic heterocycles. The number of fused-ring (bicyclic) bond motifs is 1. The Morgan fingerprint density at radius 3 is 2.81 bits per heavy atom. The van der Waals surface area contributed by atoms with E-state index in [0.717, 1.165) is 17.7 Å². The molecule has 31 heavy (non-hydrogen) atoms. The third-order valence-electron chi connectivity index (χ3n) is 4.26. The number of carbonyl (C=O) groups excluding carboxylic acids is 1. The first-order valence-corrected chi connectivity index (χ1v) is 10.2. The van der Waals surface area contributed by atoms with Gasteiger partial charge in [0.05, 0.1) is 29.9 Å². The molecule has 3 rings (SSSR count). The van der Waals surface area contributed by atoms with Crippen molar-refractivity contribution in [1.82, 2.24) is 0 Å². The Labute approximate surface area is 186 Å². The summed E-state index contributed by atoms with van der Waals surface area (Å²) in [6.45, 7) is 0.0838. The van der Waals surface area contributed by atoms with Crippen molar-refractivity contribution in [2.24, 2.45) is 4.99 Å². The molecule has 0 bridgehead atoms. The second kappa shape index (κ2) is 9.54. The Hall–Kier alpha value is -2.83. The van der Waals surface area contributed by atoms with E-state index in [2.05, 4.69) is 10.9 Å². The van der Waals surface area contributed by atoms with Crippen LogP contribution in [0.25, 0.3) is 0 Å². The van der Waals surface area contributed by atoms with Crippen LogP contribution in [0.2, 0.25) is 5.02 Å². The lowest BCUT2D eigenvalue weighted by atomic mass is 10.1. The van der Waals surface area contributed by atoms with Crippen molar-refractivity contribution in [2.75, 3.05) is 25.2 Å². The van der Waals surface area contributed by atoms with Gasteiger partial charge in [0.2, 0.25) is 0 Å². The highest BCUT2D eigenvalue weighted by molar-refractivity contribution is 8.13. The standard InChI is InChI=1S/C21H16ClF3N2O3S/c1-3-8-27(20(28)29-2)17-7-5-4-6-13(17)12-31-18-11-30-19-15(22)9-14(21(23,24)25)10-16(19)26-18/h1,4-7,9-10H,8,11-12H2,2H3. The first kappa shape index (κ1) is 22.8. The lowest BCUT2D eigenvalue weighted by molar-refractivity contribution is -0.137. The fourth-order valence-electron chi connectivity index (χ4n) is 2.85. The number of thioether (sulfide) groups is 1. The summed E-state index contributed by atoms with van der Waals surface area (Å²) < 4.78 is 49.5. The monoisotopic (exact) mass is 468 g/mol. The Kier molecular flexibility index (Phi) is 7.03. The molecule has 0 saturated carbocycles. The van der Waals surface area contributed by atoms with Crippen molar-refractivity contribution >= 4 is 45.9 Å². The third kappa shape index (κ3) is 5.27. The molecule has 0 aliphatic carbocycles. The van der Waals surface area contributed by atoms with Gasteiger partial charge < -0.3 is 9.47 Å². The molecule has 1 amide bonds. The summed E-state index contributed by atoms with van der Waals surface area (Å²) in [5.74, 6) is 2.91. The van der Waals surface area contributed by atoms with Gasteiger partial charge in [-0.3, -0.25) is 4.90 Å². The normalized spacial score (nSPS) is 12.8. The van der Waals surface area contributed by atoms with Crippen LogP contribution in [-0.4, -0.2) is 31.4 Å². The summed E-state index contributed by atoms with van der Waals surface area (Å²) in [5.41, 5.74) is 0.456. The van der Waals surface area contributed by atoms with Gasteiger partial charge in [-0.05, 0) is 23.8 Å². The average Bonchev–Trinajstić information content (AvgIpc) is 2.75. The molecule has 5 nitrogen and oxygen atoms in total. The number of ether oxygens (including phenoxy) is 2. The highest BCUT2D eigenvalue weighted by atomic mass is 35.5. The van der Waals surface area contributed by atoms with E-state index < -0.39 is 17.8 Å². The van der Waals surface area contributed by atoms with E-state index in [1.807, 2.05) is 6.07 Å². The summed E-state index contributed by atoms with van der Waals surface area (Å²) >= 11 is 7.21. The van der Waals surface area contributed by atoms with E-state index in [-0.39, 0.29) is 29.6 Å². The summed E-state index contributed by atoms with van der Waals surface area (Å²) in [6.07, 6.45) is 0.220. The number of rotatable bonds is 4. The molecular formula is C21H16ClF3N2O3S.